The number of carbonyl (C=O) groups is 1. The van der Waals surface area contributed by atoms with Crippen molar-refractivity contribution in [3.05, 3.63) is 63.7 Å². The quantitative estimate of drug-likeness (QED) is 0.440. The highest BCUT2D eigenvalue weighted by Crippen LogP contribution is 2.38. The van der Waals surface area contributed by atoms with E-state index >= 15 is 0 Å². The minimum atomic E-state index is -4.66. The van der Waals surface area contributed by atoms with E-state index in [-0.39, 0.29) is 23.6 Å². The molecule has 2 aromatic carbocycles. The predicted molar refractivity (Wildman–Crippen MR) is 117 cm³/mol. The molecular formula is C23H26F3N3O4. The molecule has 0 saturated carbocycles. The van der Waals surface area contributed by atoms with Gasteiger partial charge in [-0.1, -0.05) is 12.1 Å². The lowest BCUT2D eigenvalue weighted by atomic mass is 9.93. The lowest BCUT2D eigenvalue weighted by Gasteiger charge is -2.36. The van der Waals surface area contributed by atoms with Gasteiger partial charge >= 0.3 is 6.18 Å². The molecule has 1 heterocycles. The SMILES string of the molecule is COc1ccc(C(C)N(C)C(=O)C2CCN(c3ccc(C(F)(F)F)cc3[N+](=O)[O-])CC2)cc1. The second-order valence-corrected chi connectivity index (χ2v) is 8.12. The molecule has 0 N–H and O–H groups in total. The molecule has 7 nitrogen and oxygen atoms in total. The Morgan fingerprint density at radius 3 is 2.30 bits per heavy atom. The van der Waals surface area contributed by atoms with Crippen molar-refractivity contribution < 1.29 is 27.6 Å². The third-order valence-electron chi connectivity index (χ3n) is 6.21. The molecule has 178 valence electrons. The number of nitro benzene ring substituents is 1. The highest BCUT2D eigenvalue weighted by molar-refractivity contribution is 5.79. The summed E-state index contributed by atoms with van der Waals surface area (Å²) in [6.07, 6.45) is -3.75. The zero-order valence-corrected chi connectivity index (χ0v) is 18.6. The fourth-order valence-electron chi connectivity index (χ4n) is 4.07. The van der Waals surface area contributed by atoms with Crippen LogP contribution in [0.4, 0.5) is 24.5 Å². The third kappa shape index (κ3) is 5.37. The van der Waals surface area contributed by atoms with Crippen LogP contribution >= 0.6 is 0 Å². The third-order valence-corrected chi connectivity index (χ3v) is 6.21. The van der Waals surface area contributed by atoms with Crippen molar-refractivity contribution in [1.82, 2.24) is 4.90 Å². The predicted octanol–water partition coefficient (Wildman–Crippen LogP) is 5.06. The maximum Gasteiger partial charge on any atom is 0.416 e. The monoisotopic (exact) mass is 465 g/mol. The van der Waals surface area contributed by atoms with Crippen LogP contribution in [0.3, 0.4) is 0 Å². The minimum absolute atomic E-state index is 0.0279. The van der Waals surface area contributed by atoms with E-state index in [0.717, 1.165) is 23.4 Å². The van der Waals surface area contributed by atoms with Gasteiger partial charge in [-0.2, -0.15) is 13.2 Å². The lowest BCUT2D eigenvalue weighted by molar-refractivity contribution is -0.384. The number of halogens is 3. The van der Waals surface area contributed by atoms with Gasteiger partial charge in [-0.15, -0.1) is 0 Å². The fourth-order valence-corrected chi connectivity index (χ4v) is 4.07. The minimum Gasteiger partial charge on any atom is -0.497 e. The number of anilines is 1. The lowest BCUT2D eigenvalue weighted by Crippen LogP contribution is -2.42. The van der Waals surface area contributed by atoms with E-state index in [4.69, 9.17) is 4.74 Å². The molecule has 2 aromatic rings. The Morgan fingerprint density at radius 1 is 1.18 bits per heavy atom. The molecule has 1 atom stereocenters. The van der Waals surface area contributed by atoms with Crippen LogP contribution in [0.2, 0.25) is 0 Å². The van der Waals surface area contributed by atoms with Crippen molar-refractivity contribution >= 4 is 17.3 Å². The first kappa shape index (κ1) is 24.3. The molecule has 33 heavy (non-hydrogen) atoms. The number of benzene rings is 2. The van der Waals surface area contributed by atoms with Gasteiger partial charge in [0.15, 0.2) is 0 Å². The number of carbonyl (C=O) groups excluding carboxylic acids is 1. The van der Waals surface area contributed by atoms with Crippen molar-refractivity contribution in [2.24, 2.45) is 5.92 Å². The van der Waals surface area contributed by atoms with E-state index in [1.807, 2.05) is 31.2 Å². The van der Waals surface area contributed by atoms with Crippen molar-refractivity contribution in [2.45, 2.75) is 32.0 Å². The zero-order chi connectivity index (χ0) is 24.3. The Morgan fingerprint density at radius 2 is 1.79 bits per heavy atom. The summed E-state index contributed by atoms with van der Waals surface area (Å²) >= 11 is 0. The number of ether oxygens (including phenoxy) is 1. The fraction of sp³-hybridized carbons (Fsp3) is 0.435. The number of nitrogens with zero attached hydrogens (tertiary/aromatic N) is 3. The molecule has 1 amide bonds. The van der Waals surface area contributed by atoms with E-state index in [0.29, 0.717) is 32.0 Å². The molecule has 0 spiro atoms. The molecule has 1 saturated heterocycles. The first-order chi connectivity index (χ1) is 15.5. The van der Waals surface area contributed by atoms with Gasteiger partial charge in [0.25, 0.3) is 5.69 Å². The molecule has 1 aliphatic rings. The van der Waals surface area contributed by atoms with Crippen LogP contribution in [-0.2, 0) is 11.0 Å². The number of alkyl halides is 3. The van der Waals surface area contributed by atoms with Gasteiger partial charge < -0.3 is 14.5 Å². The number of hydrogen-bond acceptors (Lipinski definition) is 5. The molecule has 10 heteroatoms. The number of methoxy groups -OCH3 is 1. The first-order valence-corrected chi connectivity index (χ1v) is 10.5. The number of rotatable bonds is 6. The molecule has 3 rings (SSSR count). The highest BCUT2D eigenvalue weighted by atomic mass is 19.4. The molecule has 0 radical (unpaired) electrons. The summed E-state index contributed by atoms with van der Waals surface area (Å²) in [6.45, 7) is 2.61. The Labute approximate surface area is 189 Å². The first-order valence-electron chi connectivity index (χ1n) is 10.5. The molecule has 0 aromatic heterocycles. The van der Waals surface area contributed by atoms with Gasteiger partial charge in [0.2, 0.25) is 5.91 Å². The van der Waals surface area contributed by atoms with Crippen LogP contribution in [0.1, 0.15) is 36.9 Å². The molecule has 1 fully saturated rings. The summed E-state index contributed by atoms with van der Waals surface area (Å²) in [5.74, 6) is 0.435. The van der Waals surface area contributed by atoms with Crippen molar-refractivity contribution in [1.29, 1.82) is 0 Å². The van der Waals surface area contributed by atoms with Gasteiger partial charge in [0, 0.05) is 32.1 Å². The Bertz CT molecular complexity index is 1000. The number of nitro groups is 1. The molecule has 1 unspecified atom stereocenters. The number of piperidine rings is 1. The maximum absolute atomic E-state index is 13.1. The standard InChI is InChI=1S/C23H26F3N3O4/c1-15(16-4-7-19(33-3)8-5-16)27(2)22(30)17-10-12-28(13-11-17)20-9-6-18(23(24,25)26)14-21(20)29(31)32/h4-9,14-15,17H,10-13H2,1-3H3. The summed E-state index contributed by atoms with van der Waals surface area (Å²) < 4.78 is 44.0. The van der Waals surface area contributed by atoms with E-state index in [1.54, 1.807) is 24.0 Å². The van der Waals surface area contributed by atoms with Crippen LogP contribution in [0.15, 0.2) is 42.5 Å². The molecule has 0 bridgehead atoms. The average molecular weight is 465 g/mol. The summed E-state index contributed by atoms with van der Waals surface area (Å²) in [4.78, 5) is 27.0. The molecule has 0 aliphatic carbocycles. The van der Waals surface area contributed by atoms with Gasteiger partial charge in [0.05, 0.1) is 23.6 Å². The van der Waals surface area contributed by atoms with E-state index < -0.39 is 22.4 Å². The van der Waals surface area contributed by atoms with E-state index in [1.165, 1.54) is 0 Å². The van der Waals surface area contributed by atoms with Gasteiger partial charge in [0.1, 0.15) is 11.4 Å². The summed E-state index contributed by atoms with van der Waals surface area (Å²) in [5, 5.41) is 11.4. The Kier molecular flexibility index (Phi) is 7.14. The normalized spacial score (nSPS) is 15.8. The van der Waals surface area contributed by atoms with Gasteiger partial charge in [-0.3, -0.25) is 14.9 Å². The number of amides is 1. The van der Waals surface area contributed by atoms with Gasteiger partial charge in [-0.25, -0.2) is 0 Å². The van der Waals surface area contributed by atoms with Crippen LogP contribution in [0.25, 0.3) is 0 Å². The van der Waals surface area contributed by atoms with Crippen molar-refractivity contribution in [3.63, 3.8) is 0 Å². The maximum atomic E-state index is 13.1. The number of hydrogen-bond donors (Lipinski definition) is 0. The van der Waals surface area contributed by atoms with Crippen molar-refractivity contribution in [2.75, 3.05) is 32.1 Å². The second kappa shape index (κ2) is 9.68. The van der Waals surface area contributed by atoms with E-state index in [9.17, 15) is 28.1 Å². The van der Waals surface area contributed by atoms with E-state index in [2.05, 4.69) is 0 Å². The molecule has 1 aliphatic heterocycles. The largest absolute Gasteiger partial charge is 0.497 e. The second-order valence-electron chi connectivity index (χ2n) is 8.12. The van der Waals surface area contributed by atoms with Gasteiger partial charge in [-0.05, 0) is 49.6 Å². The smallest absolute Gasteiger partial charge is 0.416 e. The average Bonchev–Trinajstić information content (AvgIpc) is 2.81. The Balaban J connectivity index is 1.67. The topological polar surface area (TPSA) is 75.9 Å². The highest BCUT2D eigenvalue weighted by Gasteiger charge is 2.35. The zero-order valence-electron chi connectivity index (χ0n) is 18.6. The molecular weight excluding hydrogens is 439 g/mol. The summed E-state index contributed by atoms with van der Waals surface area (Å²) in [5.41, 5.74) is -0.541. The summed E-state index contributed by atoms with van der Waals surface area (Å²) in [7, 11) is 3.32. The van der Waals surface area contributed by atoms with Crippen molar-refractivity contribution in [3.8, 4) is 5.75 Å². The van der Waals surface area contributed by atoms with Crippen LogP contribution in [0.5, 0.6) is 5.75 Å². The van der Waals surface area contributed by atoms with Crippen LogP contribution in [0, 0.1) is 16.0 Å². The van der Waals surface area contributed by atoms with Crippen LogP contribution in [-0.4, -0.2) is 43.0 Å². The Hall–Kier alpha value is -3.30. The summed E-state index contributed by atoms with van der Waals surface area (Å²) in [6, 6.07) is 9.87. The van der Waals surface area contributed by atoms with Crippen LogP contribution < -0.4 is 9.64 Å².